The first kappa shape index (κ1) is 10.4. The number of aliphatic hydroxyl groups is 1. The largest absolute Gasteiger partial charge is 0.396 e. The van der Waals surface area contributed by atoms with Gasteiger partial charge in [-0.05, 0) is 32.7 Å². The molecule has 2 fully saturated rings. The van der Waals surface area contributed by atoms with Gasteiger partial charge in [-0.2, -0.15) is 0 Å². The van der Waals surface area contributed by atoms with Crippen LogP contribution in [0.5, 0.6) is 0 Å². The van der Waals surface area contributed by atoms with Crippen molar-refractivity contribution in [3.63, 3.8) is 0 Å². The van der Waals surface area contributed by atoms with E-state index in [1.807, 2.05) is 0 Å². The minimum atomic E-state index is 0.331. The third kappa shape index (κ3) is 2.10. The number of hydrogen-bond acceptors (Lipinski definition) is 3. The van der Waals surface area contributed by atoms with Gasteiger partial charge in [0, 0.05) is 38.3 Å². The van der Waals surface area contributed by atoms with Crippen LogP contribution in [0.4, 0.5) is 0 Å². The lowest BCUT2D eigenvalue weighted by atomic mass is 10.1. The van der Waals surface area contributed by atoms with Gasteiger partial charge < -0.3 is 5.11 Å². The van der Waals surface area contributed by atoms with Crippen molar-refractivity contribution in [3.05, 3.63) is 0 Å². The molecule has 2 saturated heterocycles. The van der Waals surface area contributed by atoms with E-state index in [1.165, 1.54) is 32.5 Å². The first-order valence-corrected chi connectivity index (χ1v) is 5.90. The molecule has 0 saturated carbocycles. The average Bonchev–Trinajstić information content (AvgIpc) is 2.61. The van der Waals surface area contributed by atoms with Crippen LogP contribution in [0, 0.1) is 0 Å². The summed E-state index contributed by atoms with van der Waals surface area (Å²) in [5.74, 6) is 0. The molecule has 3 nitrogen and oxygen atoms in total. The highest BCUT2D eigenvalue weighted by atomic mass is 16.3. The van der Waals surface area contributed by atoms with E-state index in [1.54, 1.807) is 0 Å². The average molecular weight is 198 g/mol. The summed E-state index contributed by atoms with van der Waals surface area (Å²) in [4.78, 5) is 5.18. The predicted octanol–water partition coefficient (Wildman–Crippen LogP) is 0.537. The molecule has 2 aliphatic heterocycles. The van der Waals surface area contributed by atoms with Crippen molar-refractivity contribution in [2.24, 2.45) is 0 Å². The number of hydrogen-bond donors (Lipinski definition) is 1. The summed E-state index contributed by atoms with van der Waals surface area (Å²) >= 11 is 0. The van der Waals surface area contributed by atoms with Gasteiger partial charge in [0.15, 0.2) is 0 Å². The lowest BCUT2D eigenvalue weighted by Crippen LogP contribution is -2.55. The second kappa shape index (κ2) is 4.60. The molecule has 0 spiro atoms. The summed E-state index contributed by atoms with van der Waals surface area (Å²) in [6.07, 6.45) is 3.69. The lowest BCUT2D eigenvalue weighted by Gasteiger charge is -2.42. The SMILES string of the molecule is CC1CN2CCCC2CN1CCCO. The van der Waals surface area contributed by atoms with Crippen LogP contribution >= 0.6 is 0 Å². The molecule has 0 bridgehead atoms. The molecular formula is C11H22N2O. The van der Waals surface area contributed by atoms with Gasteiger partial charge in [-0.3, -0.25) is 9.80 Å². The van der Waals surface area contributed by atoms with Crippen LogP contribution in [-0.2, 0) is 0 Å². The molecule has 2 unspecified atom stereocenters. The predicted molar refractivity (Wildman–Crippen MR) is 57.3 cm³/mol. The van der Waals surface area contributed by atoms with Crippen molar-refractivity contribution >= 4 is 0 Å². The molecule has 14 heavy (non-hydrogen) atoms. The Morgan fingerprint density at radius 3 is 3.00 bits per heavy atom. The van der Waals surface area contributed by atoms with Crippen LogP contribution in [0.2, 0.25) is 0 Å². The van der Waals surface area contributed by atoms with Gasteiger partial charge in [0.25, 0.3) is 0 Å². The summed E-state index contributed by atoms with van der Waals surface area (Å²) < 4.78 is 0. The number of piperazine rings is 1. The van der Waals surface area contributed by atoms with Gasteiger partial charge in [-0.25, -0.2) is 0 Å². The van der Waals surface area contributed by atoms with E-state index in [0.29, 0.717) is 12.6 Å². The van der Waals surface area contributed by atoms with Crippen molar-refractivity contribution in [2.75, 3.05) is 32.8 Å². The monoisotopic (exact) mass is 198 g/mol. The molecule has 2 heterocycles. The van der Waals surface area contributed by atoms with Crippen LogP contribution in [0.1, 0.15) is 26.2 Å². The zero-order valence-electron chi connectivity index (χ0n) is 9.15. The Labute approximate surface area is 86.7 Å². The molecule has 2 aliphatic rings. The maximum Gasteiger partial charge on any atom is 0.0443 e. The highest BCUT2D eigenvalue weighted by molar-refractivity contribution is 4.90. The first-order valence-electron chi connectivity index (χ1n) is 5.90. The minimum Gasteiger partial charge on any atom is -0.396 e. The molecule has 2 atom stereocenters. The van der Waals surface area contributed by atoms with Gasteiger partial charge in [0.05, 0.1) is 0 Å². The minimum absolute atomic E-state index is 0.331. The molecule has 0 aromatic carbocycles. The van der Waals surface area contributed by atoms with Crippen LogP contribution < -0.4 is 0 Å². The van der Waals surface area contributed by atoms with Crippen molar-refractivity contribution in [2.45, 2.75) is 38.3 Å². The quantitative estimate of drug-likeness (QED) is 0.717. The fourth-order valence-electron chi connectivity index (χ4n) is 2.83. The van der Waals surface area contributed by atoms with E-state index < -0.39 is 0 Å². The van der Waals surface area contributed by atoms with Gasteiger partial charge in [0.1, 0.15) is 0 Å². The number of rotatable bonds is 3. The first-order chi connectivity index (χ1) is 6.81. The second-order valence-corrected chi connectivity index (χ2v) is 4.71. The number of nitrogens with zero attached hydrogens (tertiary/aromatic N) is 2. The Hall–Kier alpha value is -0.120. The summed E-state index contributed by atoms with van der Waals surface area (Å²) in [5, 5.41) is 8.83. The highest BCUT2D eigenvalue weighted by Crippen LogP contribution is 2.24. The molecule has 2 rings (SSSR count). The molecule has 0 aromatic rings. The lowest BCUT2D eigenvalue weighted by molar-refractivity contribution is 0.0551. The molecule has 82 valence electrons. The third-order valence-corrected chi connectivity index (χ3v) is 3.67. The van der Waals surface area contributed by atoms with Crippen LogP contribution in [0.15, 0.2) is 0 Å². The van der Waals surface area contributed by atoms with E-state index in [0.717, 1.165) is 19.0 Å². The zero-order valence-corrected chi connectivity index (χ0v) is 9.15. The maximum atomic E-state index is 8.83. The van der Waals surface area contributed by atoms with Crippen molar-refractivity contribution < 1.29 is 5.11 Å². The van der Waals surface area contributed by atoms with Crippen LogP contribution in [0.3, 0.4) is 0 Å². The normalized spacial score (nSPS) is 34.7. The van der Waals surface area contributed by atoms with Gasteiger partial charge in [-0.1, -0.05) is 0 Å². The second-order valence-electron chi connectivity index (χ2n) is 4.71. The Morgan fingerprint density at radius 1 is 1.36 bits per heavy atom. The highest BCUT2D eigenvalue weighted by Gasteiger charge is 2.33. The Bertz CT molecular complexity index is 186. The summed E-state index contributed by atoms with van der Waals surface area (Å²) in [5.41, 5.74) is 0. The van der Waals surface area contributed by atoms with E-state index in [4.69, 9.17) is 5.11 Å². The third-order valence-electron chi connectivity index (χ3n) is 3.67. The van der Waals surface area contributed by atoms with Crippen LogP contribution in [0.25, 0.3) is 0 Å². The van der Waals surface area contributed by atoms with Crippen LogP contribution in [-0.4, -0.2) is 59.8 Å². The molecule has 0 radical (unpaired) electrons. The van der Waals surface area contributed by atoms with Crippen molar-refractivity contribution in [1.82, 2.24) is 9.80 Å². The Balaban J connectivity index is 1.86. The van der Waals surface area contributed by atoms with Crippen molar-refractivity contribution in [1.29, 1.82) is 0 Å². The summed E-state index contributed by atoms with van der Waals surface area (Å²) in [6, 6.07) is 1.49. The van der Waals surface area contributed by atoms with E-state index in [2.05, 4.69) is 16.7 Å². The van der Waals surface area contributed by atoms with Crippen molar-refractivity contribution in [3.8, 4) is 0 Å². The van der Waals surface area contributed by atoms with Gasteiger partial charge >= 0.3 is 0 Å². The van der Waals surface area contributed by atoms with E-state index in [9.17, 15) is 0 Å². The fourth-order valence-corrected chi connectivity index (χ4v) is 2.83. The Kier molecular flexibility index (Phi) is 3.42. The fraction of sp³-hybridized carbons (Fsp3) is 1.00. The molecular weight excluding hydrogens is 176 g/mol. The zero-order chi connectivity index (χ0) is 9.97. The number of aliphatic hydroxyl groups excluding tert-OH is 1. The number of fused-ring (bicyclic) bond motifs is 1. The van der Waals surface area contributed by atoms with Gasteiger partial charge in [0.2, 0.25) is 0 Å². The summed E-state index contributed by atoms with van der Waals surface area (Å²) in [7, 11) is 0. The molecule has 0 aromatic heterocycles. The molecule has 0 aliphatic carbocycles. The van der Waals surface area contributed by atoms with Gasteiger partial charge in [-0.15, -0.1) is 0 Å². The molecule has 3 heteroatoms. The Morgan fingerprint density at radius 2 is 2.21 bits per heavy atom. The smallest absolute Gasteiger partial charge is 0.0443 e. The van der Waals surface area contributed by atoms with E-state index >= 15 is 0 Å². The topological polar surface area (TPSA) is 26.7 Å². The standard InChI is InChI=1S/C11H22N2O/c1-10-8-13-5-2-4-11(13)9-12(10)6-3-7-14/h10-11,14H,2-9H2,1H3. The molecule has 0 amide bonds. The summed E-state index contributed by atoms with van der Waals surface area (Å²) in [6.45, 7) is 7.48. The maximum absolute atomic E-state index is 8.83. The molecule has 1 N–H and O–H groups in total. The van der Waals surface area contributed by atoms with E-state index in [-0.39, 0.29) is 0 Å².